The number of aliphatic hydroxyl groups excluding tert-OH is 1. The first-order valence-electron chi connectivity index (χ1n) is 12.3. The zero-order chi connectivity index (χ0) is 26.4. The monoisotopic (exact) mass is 518 g/mol. The fourth-order valence-corrected chi connectivity index (χ4v) is 4.33. The number of aromatic nitrogens is 4. The molecule has 0 atom stereocenters. The number of amides is 1. The SMILES string of the molecule is CCCCNc1nc(N)nc2cnn(Cc3ccc(C(=O)N4CCN(CCO)CC4)cc3OC(F)F)c12. The lowest BCUT2D eigenvalue weighted by atomic mass is 10.1. The van der Waals surface area contributed by atoms with Gasteiger partial charge in [0.15, 0.2) is 5.82 Å². The number of nitrogens with two attached hydrogens (primary N) is 1. The zero-order valence-corrected chi connectivity index (χ0v) is 20.7. The lowest BCUT2D eigenvalue weighted by Crippen LogP contribution is -2.49. The van der Waals surface area contributed by atoms with Crippen LogP contribution in [-0.2, 0) is 6.54 Å². The Hall–Kier alpha value is -3.58. The van der Waals surface area contributed by atoms with Crippen molar-refractivity contribution in [1.82, 2.24) is 29.5 Å². The number of nitrogens with one attached hydrogen (secondary N) is 1. The second-order valence-electron chi connectivity index (χ2n) is 8.81. The standard InChI is InChI=1S/C24H32F2N8O3/c1-2-3-6-28-21-20-18(30-24(27)31-21)14-29-34(20)15-17-5-4-16(13-19(17)37-23(25)26)22(36)33-9-7-32(8-10-33)11-12-35/h4-5,13-14,23,35H,2-3,6-12,15H2,1H3,(H3,27,28,30,31). The van der Waals surface area contributed by atoms with Gasteiger partial charge in [-0.05, 0) is 18.6 Å². The van der Waals surface area contributed by atoms with Crippen molar-refractivity contribution in [1.29, 1.82) is 0 Å². The Morgan fingerprint density at radius 2 is 2.03 bits per heavy atom. The third-order valence-electron chi connectivity index (χ3n) is 6.25. The maximum Gasteiger partial charge on any atom is 0.387 e. The summed E-state index contributed by atoms with van der Waals surface area (Å²) in [6.45, 7) is 2.65. The number of fused-ring (bicyclic) bond motifs is 1. The lowest BCUT2D eigenvalue weighted by molar-refractivity contribution is -0.0505. The van der Waals surface area contributed by atoms with Crippen LogP contribution in [-0.4, -0.2) is 93.0 Å². The highest BCUT2D eigenvalue weighted by Crippen LogP contribution is 2.28. The van der Waals surface area contributed by atoms with Crippen molar-refractivity contribution >= 4 is 28.7 Å². The summed E-state index contributed by atoms with van der Waals surface area (Å²) in [6, 6.07) is 4.56. The molecule has 37 heavy (non-hydrogen) atoms. The number of ether oxygens (including phenoxy) is 1. The smallest absolute Gasteiger partial charge is 0.387 e. The molecule has 13 heteroatoms. The molecular weight excluding hydrogens is 486 g/mol. The summed E-state index contributed by atoms with van der Waals surface area (Å²) < 4.78 is 33.0. The number of hydrogen-bond donors (Lipinski definition) is 3. The molecule has 200 valence electrons. The van der Waals surface area contributed by atoms with Crippen molar-refractivity contribution in [3.8, 4) is 5.75 Å². The van der Waals surface area contributed by atoms with E-state index < -0.39 is 6.61 Å². The zero-order valence-electron chi connectivity index (χ0n) is 20.7. The molecule has 0 bridgehead atoms. The molecule has 0 radical (unpaired) electrons. The minimum absolute atomic E-state index is 0.0606. The Morgan fingerprint density at radius 3 is 2.73 bits per heavy atom. The number of halogens is 2. The third kappa shape index (κ3) is 6.41. The number of carbonyl (C=O) groups excluding carboxylic acids is 1. The number of anilines is 2. The molecule has 4 N–H and O–H groups in total. The quantitative estimate of drug-likeness (QED) is 0.326. The average Bonchev–Trinajstić information content (AvgIpc) is 3.27. The molecule has 0 aliphatic carbocycles. The van der Waals surface area contributed by atoms with Crippen LogP contribution in [0.1, 0.15) is 35.7 Å². The Kier molecular flexibility index (Phi) is 8.66. The van der Waals surface area contributed by atoms with Gasteiger partial charge in [0.1, 0.15) is 16.8 Å². The fraction of sp³-hybridized carbons (Fsp3) is 0.500. The van der Waals surface area contributed by atoms with E-state index in [0.29, 0.717) is 61.7 Å². The number of benzene rings is 1. The van der Waals surface area contributed by atoms with Gasteiger partial charge in [0.05, 0.1) is 19.3 Å². The van der Waals surface area contributed by atoms with Crippen LogP contribution < -0.4 is 15.8 Å². The van der Waals surface area contributed by atoms with Gasteiger partial charge in [-0.3, -0.25) is 14.4 Å². The number of hydrogen-bond acceptors (Lipinski definition) is 9. The summed E-state index contributed by atoms with van der Waals surface area (Å²) in [5.74, 6) is 0.259. The van der Waals surface area contributed by atoms with Crippen LogP contribution in [0.4, 0.5) is 20.5 Å². The van der Waals surface area contributed by atoms with E-state index in [-0.39, 0.29) is 36.3 Å². The number of nitrogens with zero attached hydrogens (tertiary/aromatic N) is 6. The number of rotatable bonds is 11. The lowest BCUT2D eigenvalue weighted by Gasteiger charge is -2.34. The van der Waals surface area contributed by atoms with Crippen LogP contribution >= 0.6 is 0 Å². The fourth-order valence-electron chi connectivity index (χ4n) is 4.33. The predicted octanol–water partition coefficient (Wildman–Crippen LogP) is 2.02. The minimum Gasteiger partial charge on any atom is -0.434 e. The van der Waals surface area contributed by atoms with Gasteiger partial charge in [-0.25, -0.2) is 4.98 Å². The van der Waals surface area contributed by atoms with Crippen LogP contribution in [0, 0.1) is 0 Å². The third-order valence-corrected chi connectivity index (χ3v) is 6.25. The van der Waals surface area contributed by atoms with Gasteiger partial charge in [-0.1, -0.05) is 19.4 Å². The van der Waals surface area contributed by atoms with E-state index in [1.54, 1.807) is 27.9 Å². The number of alkyl halides is 2. The summed E-state index contributed by atoms with van der Waals surface area (Å²) in [4.78, 5) is 25.3. The molecule has 1 aromatic carbocycles. The molecule has 3 heterocycles. The van der Waals surface area contributed by atoms with Crippen molar-refractivity contribution in [3.63, 3.8) is 0 Å². The van der Waals surface area contributed by atoms with E-state index in [1.807, 2.05) is 0 Å². The highest BCUT2D eigenvalue weighted by atomic mass is 19.3. The topological polar surface area (TPSA) is 135 Å². The van der Waals surface area contributed by atoms with E-state index in [4.69, 9.17) is 15.6 Å². The van der Waals surface area contributed by atoms with Gasteiger partial charge in [-0.15, -0.1) is 0 Å². The van der Waals surface area contributed by atoms with Crippen LogP contribution in [0.3, 0.4) is 0 Å². The van der Waals surface area contributed by atoms with Crippen LogP contribution in [0.25, 0.3) is 11.0 Å². The van der Waals surface area contributed by atoms with Gasteiger partial charge in [0, 0.05) is 50.4 Å². The van der Waals surface area contributed by atoms with Gasteiger partial charge >= 0.3 is 6.61 Å². The number of carbonyl (C=O) groups is 1. The molecule has 0 spiro atoms. The van der Waals surface area contributed by atoms with Crippen LogP contribution in [0.15, 0.2) is 24.4 Å². The number of piperazine rings is 1. The van der Waals surface area contributed by atoms with E-state index in [1.165, 1.54) is 6.07 Å². The number of unbranched alkanes of at least 4 members (excludes halogenated alkanes) is 1. The largest absolute Gasteiger partial charge is 0.434 e. The normalized spacial score (nSPS) is 14.5. The Balaban J connectivity index is 1.59. The van der Waals surface area contributed by atoms with E-state index in [9.17, 15) is 13.6 Å². The van der Waals surface area contributed by atoms with Crippen LogP contribution in [0.2, 0.25) is 0 Å². The maximum atomic E-state index is 13.3. The maximum absolute atomic E-state index is 13.3. The second-order valence-corrected chi connectivity index (χ2v) is 8.81. The average molecular weight is 519 g/mol. The molecule has 1 fully saturated rings. The van der Waals surface area contributed by atoms with Crippen molar-refractivity contribution in [2.24, 2.45) is 0 Å². The van der Waals surface area contributed by atoms with Crippen molar-refractivity contribution in [3.05, 3.63) is 35.5 Å². The van der Waals surface area contributed by atoms with Crippen LogP contribution in [0.5, 0.6) is 5.75 Å². The highest BCUT2D eigenvalue weighted by Gasteiger charge is 2.24. The van der Waals surface area contributed by atoms with E-state index in [2.05, 4.69) is 32.2 Å². The molecule has 3 aromatic rings. The number of nitrogen functional groups attached to an aromatic ring is 1. The summed E-state index contributed by atoms with van der Waals surface area (Å²) >= 11 is 0. The molecule has 1 amide bonds. The second kappa shape index (κ2) is 12.1. The highest BCUT2D eigenvalue weighted by molar-refractivity contribution is 5.95. The summed E-state index contributed by atoms with van der Waals surface area (Å²) in [6.07, 6.45) is 3.46. The molecular formula is C24H32F2N8O3. The molecule has 0 saturated carbocycles. The first-order chi connectivity index (χ1) is 17.9. The van der Waals surface area contributed by atoms with Gasteiger partial charge in [-0.2, -0.15) is 18.9 Å². The van der Waals surface area contributed by atoms with Crippen molar-refractivity contribution in [2.75, 3.05) is 56.9 Å². The molecule has 1 aliphatic heterocycles. The summed E-state index contributed by atoms with van der Waals surface area (Å²) in [7, 11) is 0. The molecule has 11 nitrogen and oxygen atoms in total. The Labute approximate surface area is 213 Å². The van der Waals surface area contributed by atoms with E-state index in [0.717, 1.165) is 12.8 Å². The summed E-state index contributed by atoms with van der Waals surface area (Å²) in [5, 5.41) is 16.7. The Morgan fingerprint density at radius 1 is 1.24 bits per heavy atom. The molecule has 2 aromatic heterocycles. The van der Waals surface area contributed by atoms with Gasteiger partial charge in [0.25, 0.3) is 5.91 Å². The molecule has 1 saturated heterocycles. The number of aliphatic hydroxyl groups is 1. The first kappa shape index (κ1) is 26.5. The molecule has 1 aliphatic rings. The predicted molar refractivity (Wildman–Crippen MR) is 135 cm³/mol. The molecule has 4 rings (SSSR count). The minimum atomic E-state index is -3.06. The van der Waals surface area contributed by atoms with Gasteiger partial charge in [0.2, 0.25) is 5.95 Å². The van der Waals surface area contributed by atoms with Crippen molar-refractivity contribution < 1.29 is 23.4 Å². The Bertz CT molecular complexity index is 1210. The summed E-state index contributed by atoms with van der Waals surface area (Å²) in [5.41, 5.74) is 7.65. The first-order valence-corrected chi connectivity index (χ1v) is 12.3. The number of β-amino-alcohol motifs (C(OH)–C–C–N with tert-alkyl or cyclic N) is 1. The molecule has 0 unspecified atom stereocenters. The van der Waals surface area contributed by atoms with Crippen molar-refractivity contribution in [2.45, 2.75) is 32.9 Å². The van der Waals surface area contributed by atoms with Gasteiger partial charge < -0.3 is 25.8 Å². The van der Waals surface area contributed by atoms with E-state index >= 15 is 0 Å².